The fourth-order valence-corrected chi connectivity index (χ4v) is 0.697. The predicted molar refractivity (Wildman–Crippen MR) is 55.9 cm³/mol. The summed E-state index contributed by atoms with van der Waals surface area (Å²) in [6.45, 7) is 11.4. The number of rotatable bonds is 5. The molecule has 0 amide bonds. The van der Waals surface area contributed by atoms with Crippen LogP contribution in [0.1, 0.15) is 13.8 Å². The molecule has 1 N–H and O–H groups in total. The highest BCUT2D eigenvalue weighted by molar-refractivity contribution is 5.21. The Morgan fingerprint density at radius 3 is 2.50 bits per heavy atom. The van der Waals surface area contributed by atoms with Crippen molar-refractivity contribution in [1.82, 2.24) is 5.32 Å². The van der Waals surface area contributed by atoms with E-state index in [1.165, 1.54) is 0 Å². The first-order valence-corrected chi connectivity index (χ1v) is 4.09. The van der Waals surface area contributed by atoms with Crippen molar-refractivity contribution in [3.05, 3.63) is 49.2 Å². The zero-order chi connectivity index (χ0) is 9.40. The molecule has 0 aliphatic rings. The number of allylic oxidation sites excluding steroid dienone is 4. The van der Waals surface area contributed by atoms with E-state index in [1.54, 1.807) is 6.08 Å². The minimum atomic E-state index is 0.277. The lowest BCUT2D eigenvalue weighted by Crippen LogP contribution is -2.21. The van der Waals surface area contributed by atoms with Crippen molar-refractivity contribution in [3.8, 4) is 0 Å². The van der Waals surface area contributed by atoms with Crippen LogP contribution in [0.3, 0.4) is 0 Å². The molecule has 1 heteroatoms. The van der Waals surface area contributed by atoms with Gasteiger partial charge in [0.15, 0.2) is 0 Å². The Morgan fingerprint density at radius 1 is 1.42 bits per heavy atom. The molecule has 0 bridgehead atoms. The van der Waals surface area contributed by atoms with Crippen molar-refractivity contribution in [2.24, 2.45) is 0 Å². The Kier molecular flexibility index (Phi) is 5.80. The van der Waals surface area contributed by atoms with E-state index in [2.05, 4.69) is 18.5 Å². The van der Waals surface area contributed by atoms with Gasteiger partial charge in [-0.25, -0.2) is 0 Å². The maximum Gasteiger partial charge on any atom is 0.0413 e. The van der Waals surface area contributed by atoms with Crippen molar-refractivity contribution in [2.75, 3.05) is 0 Å². The van der Waals surface area contributed by atoms with E-state index in [4.69, 9.17) is 0 Å². The number of nitrogens with one attached hydrogen (secondary N) is 1. The Hall–Kier alpha value is -1.24. The quantitative estimate of drug-likeness (QED) is 0.485. The van der Waals surface area contributed by atoms with E-state index >= 15 is 0 Å². The van der Waals surface area contributed by atoms with E-state index in [0.717, 1.165) is 5.70 Å². The highest BCUT2D eigenvalue weighted by atomic mass is 14.9. The second-order valence-corrected chi connectivity index (χ2v) is 2.52. The van der Waals surface area contributed by atoms with Crippen molar-refractivity contribution in [2.45, 2.75) is 19.9 Å². The van der Waals surface area contributed by atoms with Gasteiger partial charge < -0.3 is 5.32 Å². The summed E-state index contributed by atoms with van der Waals surface area (Å²) in [6, 6.07) is 0.277. The second-order valence-electron chi connectivity index (χ2n) is 2.52. The van der Waals surface area contributed by atoms with Crippen LogP contribution in [0.25, 0.3) is 0 Å². The standard InChI is InChI=1S/C11H17N/c1-5-8-9-11(7-3)12-10(4)6-2/h5-10,12H,2-3H2,1,4H3/b8-5-,11-9+. The molecule has 1 unspecified atom stereocenters. The third-order valence-electron chi connectivity index (χ3n) is 1.44. The molecule has 0 aliphatic heterocycles. The van der Waals surface area contributed by atoms with E-state index in [1.807, 2.05) is 38.2 Å². The van der Waals surface area contributed by atoms with Crippen molar-refractivity contribution < 1.29 is 0 Å². The highest BCUT2D eigenvalue weighted by Gasteiger charge is 1.93. The van der Waals surface area contributed by atoms with Gasteiger partial charge in [0.1, 0.15) is 0 Å². The fraction of sp³-hybridized carbons (Fsp3) is 0.273. The predicted octanol–water partition coefficient (Wildman–Crippen LogP) is 2.80. The van der Waals surface area contributed by atoms with Crippen LogP contribution in [0.4, 0.5) is 0 Å². The lowest BCUT2D eigenvalue weighted by atomic mass is 10.3. The first-order valence-electron chi connectivity index (χ1n) is 4.09. The monoisotopic (exact) mass is 163 g/mol. The van der Waals surface area contributed by atoms with Crippen molar-refractivity contribution in [1.29, 1.82) is 0 Å². The summed E-state index contributed by atoms with van der Waals surface area (Å²) in [7, 11) is 0. The van der Waals surface area contributed by atoms with E-state index in [0.29, 0.717) is 0 Å². The molecule has 66 valence electrons. The van der Waals surface area contributed by atoms with Crippen molar-refractivity contribution >= 4 is 0 Å². The summed E-state index contributed by atoms with van der Waals surface area (Å²) >= 11 is 0. The lowest BCUT2D eigenvalue weighted by Gasteiger charge is -2.10. The van der Waals surface area contributed by atoms with Crippen LogP contribution in [-0.4, -0.2) is 6.04 Å². The molecule has 12 heavy (non-hydrogen) atoms. The molecule has 0 spiro atoms. The third kappa shape index (κ3) is 4.56. The lowest BCUT2D eigenvalue weighted by molar-refractivity contribution is 0.745. The van der Waals surface area contributed by atoms with Gasteiger partial charge in [-0.1, -0.05) is 24.8 Å². The molecule has 1 atom stereocenters. The van der Waals surface area contributed by atoms with Crippen LogP contribution in [-0.2, 0) is 0 Å². The normalized spacial score (nSPS) is 14.3. The summed E-state index contributed by atoms with van der Waals surface area (Å²) in [5.41, 5.74) is 1.01. The van der Waals surface area contributed by atoms with Gasteiger partial charge in [-0.05, 0) is 26.0 Å². The maximum absolute atomic E-state index is 3.70. The third-order valence-corrected chi connectivity index (χ3v) is 1.44. The zero-order valence-electron chi connectivity index (χ0n) is 7.88. The molecule has 0 aliphatic carbocycles. The molecule has 0 aromatic rings. The molecule has 0 rings (SSSR count). The number of hydrogen-bond donors (Lipinski definition) is 1. The molecular weight excluding hydrogens is 146 g/mol. The van der Waals surface area contributed by atoms with Gasteiger partial charge in [-0.2, -0.15) is 0 Å². The van der Waals surface area contributed by atoms with Crippen LogP contribution in [0.5, 0.6) is 0 Å². The van der Waals surface area contributed by atoms with Gasteiger partial charge in [-0.3, -0.25) is 0 Å². The Labute approximate surface area is 75.2 Å². The Bertz CT molecular complexity index is 199. The first-order chi connectivity index (χ1) is 5.74. The molecule has 0 aromatic carbocycles. The molecule has 0 saturated heterocycles. The Balaban J connectivity index is 4.16. The van der Waals surface area contributed by atoms with Crippen LogP contribution < -0.4 is 5.32 Å². The summed E-state index contributed by atoms with van der Waals surface area (Å²) < 4.78 is 0. The second kappa shape index (κ2) is 6.47. The summed E-state index contributed by atoms with van der Waals surface area (Å²) in [5, 5.41) is 3.22. The molecule has 1 nitrogen and oxygen atoms in total. The Morgan fingerprint density at radius 2 is 2.08 bits per heavy atom. The van der Waals surface area contributed by atoms with Gasteiger partial charge in [0.2, 0.25) is 0 Å². The van der Waals surface area contributed by atoms with E-state index in [-0.39, 0.29) is 6.04 Å². The fourth-order valence-electron chi connectivity index (χ4n) is 0.697. The van der Waals surface area contributed by atoms with Crippen LogP contribution in [0.2, 0.25) is 0 Å². The summed E-state index contributed by atoms with van der Waals surface area (Å²) in [6.07, 6.45) is 9.57. The van der Waals surface area contributed by atoms with Gasteiger partial charge >= 0.3 is 0 Å². The topological polar surface area (TPSA) is 12.0 Å². The van der Waals surface area contributed by atoms with E-state index in [9.17, 15) is 0 Å². The van der Waals surface area contributed by atoms with Gasteiger partial charge in [0.05, 0.1) is 0 Å². The molecule has 0 heterocycles. The largest absolute Gasteiger partial charge is 0.379 e. The SMILES string of the molecule is C=C/C(=C\C=C/C)NC(C)C=C. The first kappa shape index (κ1) is 10.8. The molecule has 0 radical (unpaired) electrons. The molecular formula is C11H17N. The smallest absolute Gasteiger partial charge is 0.0413 e. The van der Waals surface area contributed by atoms with Crippen molar-refractivity contribution in [3.63, 3.8) is 0 Å². The number of hydrogen-bond acceptors (Lipinski definition) is 1. The molecule has 0 aromatic heterocycles. The average molecular weight is 163 g/mol. The van der Waals surface area contributed by atoms with Crippen LogP contribution in [0, 0.1) is 0 Å². The van der Waals surface area contributed by atoms with Gasteiger partial charge in [0.25, 0.3) is 0 Å². The van der Waals surface area contributed by atoms with Gasteiger partial charge in [-0.15, -0.1) is 6.58 Å². The average Bonchev–Trinajstić information content (AvgIpc) is 2.11. The van der Waals surface area contributed by atoms with Crippen LogP contribution in [0.15, 0.2) is 49.2 Å². The molecule has 0 saturated carbocycles. The minimum absolute atomic E-state index is 0.277. The minimum Gasteiger partial charge on any atom is -0.379 e. The zero-order valence-corrected chi connectivity index (χ0v) is 7.88. The maximum atomic E-state index is 3.70. The van der Waals surface area contributed by atoms with Gasteiger partial charge in [0, 0.05) is 11.7 Å². The summed E-state index contributed by atoms with van der Waals surface area (Å²) in [4.78, 5) is 0. The van der Waals surface area contributed by atoms with E-state index < -0.39 is 0 Å². The highest BCUT2D eigenvalue weighted by Crippen LogP contribution is 1.94. The summed E-state index contributed by atoms with van der Waals surface area (Å²) in [5.74, 6) is 0. The molecule has 0 fully saturated rings. The van der Waals surface area contributed by atoms with Crippen LogP contribution >= 0.6 is 0 Å².